The van der Waals surface area contributed by atoms with Crippen LogP contribution in [0.2, 0.25) is 5.02 Å². The van der Waals surface area contributed by atoms with E-state index in [1.807, 2.05) is 24.3 Å². The first-order valence-electron chi connectivity index (χ1n) is 7.39. The number of ether oxygens (including phenoxy) is 1. The summed E-state index contributed by atoms with van der Waals surface area (Å²) in [7, 11) is 0. The monoisotopic (exact) mass is 293 g/mol. The maximum absolute atomic E-state index is 12.1. The number of rotatable bonds is 5. The maximum atomic E-state index is 12.1. The van der Waals surface area contributed by atoms with Crippen molar-refractivity contribution >= 4 is 17.5 Å². The summed E-state index contributed by atoms with van der Waals surface area (Å²) in [5, 5.41) is 3.78. The zero-order valence-electron chi connectivity index (χ0n) is 11.5. The first-order valence-corrected chi connectivity index (χ1v) is 7.76. The molecule has 1 aromatic rings. The van der Waals surface area contributed by atoms with E-state index in [4.69, 9.17) is 16.3 Å². The molecule has 0 unspecified atom stereocenters. The van der Waals surface area contributed by atoms with Crippen LogP contribution in [0.1, 0.15) is 37.2 Å². The van der Waals surface area contributed by atoms with Gasteiger partial charge in [0.15, 0.2) is 0 Å². The molecule has 1 aliphatic heterocycles. The normalized spacial score (nSPS) is 28.4. The van der Waals surface area contributed by atoms with Crippen molar-refractivity contribution in [2.24, 2.45) is 5.92 Å². The van der Waals surface area contributed by atoms with Gasteiger partial charge < -0.3 is 10.1 Å². The molecule has 108 valence electrons. The number of carbonyl (C=O) groups is 1. The summed E-state index contributed by atoms with van der Waals surface area (Å²) < 4.78 is 5.55. The third kappa shape index (κ3) is 3.33. The van der Waals surface area contributed by atoms with Gasteiger partial charge >= 0.3 is 0 Å². The lowest BCUT2D eigenvalue weighted by molar-refractivity contribution is -0.122. The fourth-order valence-corrected chi connectivity index (χ4v) is 3.05. The van der Waals surface area contributed by atoms with Crippen molar-refractivity contribution in [1.82, 2.24) is 5.32 Å². The van der Waals surface area contributed by atoms with E-state index < -0.39 is 0 Å². The summed E-state index contributed by atoms with van der Waals surface area (Å²) in [5.74, 6) is 0.693. The number of benzene rings is 1. The number of nitrogens with one attached hydrogen (secondary N) is 1. The van der Waals surface area contributed by atoms with Crippen LogP contribution in [0.25, 0.3) is 0 Å². The Hall–Kier alpha value is -1.06. The second-order valence-corrected chi connectivity index (χ2v) is 6.15. The van der Waals surface area contributed by atoms with Crippen molar-refractivity contribution < 1.29 is 9.53 Å². The highest BCUT2D eigenvalue weighted by Gasteiger charge is 2.43. The molecule has 3 nitrogen and oxygen atoms in total. The van der Waals surface area contributed by atoms with Gasteiger partial charge in [0, 0.05) is 24.1 Å². The fourth-order valence-electron chi connectivity index (χ4n) is 2.92. The molecular weight excluding hydrogens is 274 g/mol. The van der Waals surface area contributed by atoms with E-state index in [1.165, 1.54) is 5.56 Å². The molecule has 4 heteroatoms. The van der Waals surface area contributed by atoms with E-state index in [1.54, 1.807) is 0 Å². The Morgan fingerprint density at radius 3 is 2.85 bits per heavy atom. The largest absolute Gasteiger partial charge is 0.378 e. The van der Waals surface area contributed by atoms with Crippen molar-refractivity contribution in [2.75, 3.05) is 13.2 Å². The summed E-state index contributed by atoms with van der Waals surface area (Å²) in [6.45, 7) is 1.60. The third-order valence-electron chi connectivity index (χ3n) is 4.21. The first kappa shape index (κ1) is 13.9. The molecule has 20 heavy (non-hydrogen) atoms. The van der Waals surface area contributed by atoms with Crippen LogP contribution < -0.4 is 5.32 Å². The Morgan fingerprint density at radius 1 is 1.35 bits per heavy atom. The Labute approximate surface area is 124 Å². The van der Waals surface area contributed by atoms with E-state index in [0.29, 0.717) is 12.0 Å². The van der Waals surface area contributed by atoms with Gasteiger partial charge in [0.1, 0.15) is 0 Å². The molecule has 1 amide bonds. The van der Waals surface area contributed by atoms with Crippen LogP contribution in [0.4, 0.5) is 0 Å². The topological polar surface area (TPSA) is 38.3 Å². The molecule has 1 saturated heterocycles. The molecule has 0 bridgehead atoms. The average Bonchev–Trinajstić information content (AvgIpc) is 3.08. The summed E-state index contributed by atoms with van der Waals surface area (Å²) in [5.41, 5.74) is 1.22. The van der Waals surface area contributed by atoms with E-state index in [9.17, 15) is 4.79 Å². The molecule has 2 fully saturated rings. The van der Waals surface area contributed by atoms with E-state index in [2.05, 4.69) is 5.32 Å². The standard InChI is InChI=1S/C16H20ClNO2/c17-12-5-3-11(4-6-12)14-10-15(14)16(19)18-8-7-13-2-1-9-20-13/h3-6,13-15H,1-2,7-10H2,(H,18,19)/t13-,14+,15-/m0/s1. The van der Waals surface area contributed by atoms with Crippen molar-refractivity contribution in [1.29, 1.82) is 0 Å². The summed E-state index contributed by atoms with van der Waals surface area (Å²) in [4.78, 5) is 12.1. The van der Waals surface area contributed by atoms with Crippen LogP contribution in [-0.4, -0.2) is 25.2 Å². The van der Waals surface area contributed by atoms with Crippen LogP contribution in [-0.2, 0) is 9.53 Å². The van der Waals surface area contributed by atoms with Gasteiger partial charge in [-0.05, 0) is 49.3 Å². The number of carbonyl (C=O) groups excluding carboxylic acids is 1. The molecule has 0 spiro atoms. The van der Waals surface area contributed by atoms with Crippen LogP contribution in [0.5, 0.6) is 0 Å². The molecule has 1 aromatic carbocycles. The summed E-state index contributed by atoms with van der Waals surface area (Å²) in [6, 6.07) is 7.82. The predicted octanol–water partition coefficient (Wildman–Crippen LogP) is 3.13. The molecule has 1 saturated carbocycles. The van der Waals surface area contributed by atoms with E-state index >= 15 is 0 Å². The molecule has 2 aliphatic rings. The van der Waals surface area contributed by atoms with Gasteiger partial charge in [-0.2, -0.15) is 0 Å². The lowest BCUT2D eigenvalue weighted by Crippen LogP contribution is -2.28. The molecule has 1 N–H and O–H groups in total. The second-order valence-electron chi connectivity index (χ2n) is 5.71. The molecule has 3 atom stereocenters. The van der Waals surface area contributed by atoms with Gasteiger partial charge in [-0.1, -0.05) is 23.7 Å². The number of hydrogen-bond donors (Lipinski definition) is 1. The first-order chi connectivity index (χ1) is 9.74. The highest BCUT2D eigenvalue weighted by atomic mass is 35.5. The lowest BCUT2D eigenvalue weighted by Gasteiger charge is -2.10. The van der Waals surface area contributed by atoms with Gasteiger partial charge in [-0.3, -0.25) is 4.79 Å². The smallest absolute Gasteiger partial charge is 0.223 e. The highest BCUT2D eigenvalue weighted by molar-refractivity contribution is 6.30. The van der Waals surface area contributed by atoms with Crippen molar-refractivity contribution in [3.63, 3.8) is 0 Å². The van der Waals surface area contributed by atoms with Gasteiger partial charge in [0.25, 0.3) is 0 Å². The quantitative estimate of drug-likeness (QED) is 0.906. The van der Waals surface area contributed by atoms with Gasteiger partial charge in [-0.15, -0.1) is 0 Å². The van der Waals surface area contributed by atoms with Gasteiger partial charge in [0.2, 0.25) is 5.91 Å². The third-order valence-corrected chi connectivity index (χ3v) is 4.47. The maximum Gasteiger partial charge on any atom is 0.223 e. The van der Waals surface area contributed by atoms with Gasteiger partial charge in [0.05, 0.1) is 6.10 Å². The van der Waals surface area contributed by atoms with Crippen LogP contribution >= 0.6 is 11.6 Å². The lowest BCUT2D eigenvalue weighted by atomic mass is 10.1. The zero-order chi connectivity index (χ0) is 13.9. The molecule has 0 radical (unpaired) electrons. The number of amides is 1. The van der Waals surface area contributed by atoms with Crippen LogP contribution in [0, 0.1) is 5.92 Å². The molecule has 1 aliphatic carbocycles. The van der Waals surface area contributed by atoms with Crippen molar-refractivity contribution in [3.8, 4) is 0 Å². The minimum absolute atomic E-state index is 0.140. The highest BCUT2D eigenvalue weighted by Crippen LogP contribution is 2.47. The Balaban J connectivity index is 1.41. The Kier molecular flexibility index (Phi) is 4.27. The van der Waals surface area contributed by atoms with E-state index in [-0.39, 0.29) is 11.8 Å². The van der Waals surface area contributed by atoms with Crippen molar-refractivity contribution in [2.45, 2.75) is 37.7 Å². The average molecular weight is 294 g/mol. The van der Waals surface area contributed by atoms with E-state index in [0.717, 1.165) is 43.9 Å². The Morgan fingerprint density at radius 2 is 2.15 bits per heavy atom. The van der Waals surface area contributed by atoms with Crippen molar-refractivity contribution in [3.05, 3.63) is 34.9 Å². The van der Waals surface area contributed by atoms with Crippen LogP contribution in [0.15, 0.2) is 24.3 Å². The fraction of sp³-hybridized carbons (Fsp3) is 0.562. The second kappa shape index (κ2) is 6.15. The molecule has 3 rings (SSSR count). The SMILES string of the molecule is O=C(NCC[C@@H]1CCCO1)[C@H]1C[C@@H]1c1ccc(Cl)cc1. The van der Waals surface area contributed by atoms with Crippen LogP contribution in [0.3, 0.4) is 0 Å². The summed E-state index contributed by atoms with van der Waals surface area (Å²) >= 11 is 5.88. The molecule has 1 heterocycles. The van der Waals surface area contributed by atoms with Gasteiger partial charge in [-0.25, -0.2) is 0 Å². The molecule has 0 aromatic heterocycles. The minimum Gasteiger partial charge on any atom is -0.378 e. The number of hydrogen-bond acceptors (Lipinski definition) is 2. The molecular formula is C16H20ClNO2. The predicted molar refractivity (Wildman–Crippen MR) is 78.9 cm³/mol. The number of halogens is 1. The zero-order valence-corrected chi connectivity index (χ0v) is 12.2. The summed E-state index contributed by atoms with van der Waals surface area (Å²) in [6.07, 6.45) is 4.52. The Bertz CT molecular complexity index is 468. The minimum atomic E-state index is 0.140.